The molecule has 1 heteroatoms. The second-order valence-electron chi connectivity index (χ2n) is 16.4. The molecule has 1 aliphatic rings. The van der Waals surface area contributed by atoms with Gasteiger partial charge in [0.05, 0.1) is 0 Å². The van der Waals surface area contributed by atoms with Crippen molar-refractivity contribution in [2.24, 2.45) is 0 Å². The van der Waals surface area contributed by atoms with Crippen LogP contribution in [0.15, 0.2) is 109 Å². The highest BCUT2D eigenvalue weighted by Crippen LogP contribution is 2.51. The summed E-state index contributed by atoms with van der Waals surface area (Å²) in [4.78, 5) is 2.38. The van der Waals surface area contributed by atoms with E-state index in [1.54, 1.807) is 0 Å². The number of hydrogen-bond acceptors (Lipinski definition) is 1. The van der Waals surface area contributed by atoms with Gasteiger partial charge in [0.15, 0.2) is 0 Å². The van der Waals surface area contributed by atoms with Crippen LogP contribution in [0.5, 0.6) is 0 Å². The molecule has 0 saturated carbocycles. The van der Waals surface area contributed by atoms with Gasteiger partial charge in [-0.1, -0.05) is 153 Å². The van der Waals surface area contributed by atoms with Gasteiger partial charge in [0.1, 0.15) is 0 Å². The van der Waals surface area contributed by atoms with Crippen LogP contribution in [0, 0.1) is 6.92 Å². The predicted octanol–water partition coefficient (Wildman–Crippen LogP) is 14.4. The maximum Gasteiger partial charge on any atom is 0.0462 e. The Labute approximate surface area is 297 Å². The smallest absolute Gasteiger partial charge is 0.0462 e. The average Bonchev–Trinajstić information content (AvgIpc) is 3.33. The maximum atomic E-state index is 2.51. The normalized spacial score (nSPS) is 13.7. The van der Waals surface area contributed by atoms with Crippen LogP contribution >= 0.6 is 0 Å². The molecule has 0 amide bonds. The fourth-order valence-corrected chi connectivity index (χ4v) is 7.87. The van der Waals surface area contributed by atoms with Crippen LogP contribution in [0.4, 0.5) is 17.1 Å². The largest absolute Gasteiger partial charge is 0.311 e. The van der Waals surface area contributed by atoms with Gasteiger partial charge in [-0.25, -0.2) is 0 Å². The third-order valence-corrected chi connectivity index (χ3v) is 11.4. The van der Waals surface area contributed by atoms with Crippen molar-refractivity contribution < 1.29 is 0 Å². The number of benzene rings is 5. The fraction of sp³-hybridized carbons (Fsp3) is 0.375. The number of unbranched alkanes of at least 4 members (excludes halogenated alkanes) is 2. The Kier molecular flexibility index (Phi) is 9.69. The molecule has 0 bridgehead atoms. The molecule has 0 heterocycles. The first-order valence-corrected chi connectivity index (χ1v) is 18.7. The van der Waals surface area contributed by atoms with Crippen LogP contribution in [-0.4, -0.2) is 0 Å². The topological polar surface area (TPSA) is 3.24 Å². The van der Waals surface area contributed by atoms with Crippen LogP contribution < -0.4 is 4.90 Å². The zero-order valence-corrected chi connectivity index (χ0v) is 31.6. The SMILES string of the molecule is CCCCC(C)(C)c1ccc(N(c2ccc(C)cc2)c2ccc(-c3ccc4c(c3)C(C)(C)c3cc(C(C)(C)CCCC)ccc3-4)cc2)cc1. The van der Waals surface area contributed by atoms with Crippen molar-refractivity contribution in [1.29, 1.82) is 0 Å². The van der Waals surface area contributed by atoms with E-state index in [0.29, 0.717) is 0 Å². The van der Waals surface area contributed by atoms with Gasteiger partial charge < -0.3 is 4.90 Å². The van der Waals surface area contributed by atoms with Gasteiger partial charge in [-0.15, -0.1) is 0 Å². The van der Waals surface area contributed by atoms with Gasteiger partial charge in [0.25, 0.3) is 0 Å². The molecule has 0 fully saturated rings. The molecule has 1 nitrogen and oxygen atoms in total. The first kappa shape index (κ1) is 34.8. The Balaban J connectivity index is 1.31. The summed E-state index contributed by atoms with van der Waals surface area (Å²) in [5.41, 5.74) is 16.1. The van der Waals surface area contributed by atoms with E-state index >= 15 is 0 Å². The summed E-state index contributed by atoms with van der Waals surface area (Å²) in [5, 5.41) is 0. The van der Waals surface area contributed by atoms with Gasteiger partial charge in [-0.3, -0.25) is 0 Å². The molecule has 0 spiro atoms. The summed E-state index contributed by atoms with van der Waals surface area (Å²) in [7, 11) is 0. The van der Waals surface area contributed by atoms with E-state index < -0.39 is 0 Å². The predicted molar refractivity (Wildman–Crippen MR) is 214 cm³/mol. The quantitative estimate of drug-likeness (QED) is 0.130. The van der Waals surface area contributed by atoms with E-state index in [1.165, 1.54) is 100.0 Å². The highest BCUT2D eigenvalue weighted by Gasteiger charge is 2.37. The Hall–Kier alpha value is -4.10. The lowest BCUT2D eigenvalue weighted by Crippen LogP contribution is -2.20. The van der Waals surface area contributed by atoms with Crippen molar-refractivity contribution in [3.8, 4) is 22.3 Å². The average molecular weight is 648 g/mol. The highest BCUT2D eigenvalue weighted by atomic mass is 15.1. The van der Waals surface area contributed by atoms with Crippen molar-refractivity contribution in [3.63, 3.8) is 0 Å². The van der Waals surface area contributed by atoms with E-state index in [1.807, 2.05) is 0 Å². The van der Waals surface area contributed by atoms with Crippen molar-refractivity contribution in [2.45, 2.75) is 117 Å². The summed E-state index contributed by atoms with van der Waals surface area (Å²) in [6.45, 7) is 21.1. The molecule has 0 saturated heterocycles. The van der Waals surface area contributed by atoms with Gasteiger partial charge in [-0.2, -0.15) is 0 Å². The third-order valence-electron chi connectivity index (χ3n) is 11.4. The number of nitrogens with zero attached hydrogens (tertiary/aromatic N) is 1. The van der Waals surface area contributed by atoms with Crippen LogP contribution in [0.2, 0.25) is 0 Å². The molecule has 0 aliphatic heterocycles. The molecule has 5 aromatic carbocycles. The lowest BCUT2D eigenvalue weighted by atomic mass is 9.76. The Bertz CT molecular complexity index is 1890. The number of hydrogen-bond donors (Lipinski definition) is 0. The second-order valence-corrected chi connectivity index (χ2v) is 16.4. The van der Waals surface area contributed by atoms with E-state index in [4.69, 9.17) is 0 Å². The van der Waals surface area contributed by atoms with Crippen LogP contribution in [0.25, 0.3) is 22.3 Å². The second kappa shape index (κ2) is 13.7. The minimum absolute atomic E-state index is 0.0447. The van der Waals surface area contributed by atoms with Gasteiger partial charge >= 0.3 is 0 Å². The van der Waals surface area contributed by atoms with Crippen molar-refractivity contribution in [2.75, 3.05) is 4.90 Å². The summed E-state index contributed by atoms with van der Waals surface area (Å²) < 4.78 is 0. The fourth-order valence-electron chi connectivity index (χ4n) is 7.87. The highest BCUT2D eigenvalue weighted by molar-refractivity contribution is 5.85. The van der Waals surface area contributed by atoms with Crippen LogP contribution in [0.1, 0.15) is 122 Å². The van der Waals surface area contributed by atoms with E-state index in [2.05, 4.69) is 176 Å². The minimum Gasteiger partial charge on any atom is -0.311 e. The third kappa shape index (κ3) is 6.87. The zero-order chi connectivity index (χ0) is 35.0. The molecule has 0 unspecified atom stereocenters. The number of aryl methyl sites for hydroxylation is 1. The van der Waals surface area contributed by atoms with E-state index in [9.17, 15) is 0 Å². The molecule has 0 N–H and O–H groups in total. The molecule has 254 valence electrons. The van der Waals surface area contributed by atoms with Gasteiger partial charge in [0.2, 0.25) is 0 Å². The molecule has 6 rings (SSSR count). The first-order chi connectivity index (χ1) is 23.4. The lowest BCUT2D eigenvalue weighted by molar-refractivity contribution is 0.457. The standard InChI is InChI=1S/C48H57N/c1-10-12-30-46(4,5)37-19-26-41(27-20-37)49(39-22-14-34(3)15-23-39)40-24-16-35(17-25-40)36-18-28-42-43-29-21-38(47(6,7)31-13-11-2)33-45(43)48(8,9)44(42)32-36/h14-29,32-33H,10-13,30-31H2,1-9H3. The summed E-state index contributed by atoms with van der Waals surface area (Å²) in [6, 6.07) is 41.7. The molecule has 5 aromatic rings. The number of fused-ring (bicyclic) bond motifs is 3. The van der Waals surface area contributed by atoms with Gasteiger partial charge in [-0.05, 0) is 118 Å². The van der Waals surface area contributed by atoms with Crippen molar-refractivity contribution >= 4 is 17.1 Å². The van der Waals surface area contributed by atoms with Crippen LogP contribution in [-0.2, 0) is 16.2 Å². The summed E-state index contributed by atoms with van der Waals surface area (Å²) in [6.07, 6.45) is 7.42. The van der Waals surface area contributed by atoms with Crippen molar-refractivity contribution in [3.05, 3.63) is 137 Å². The van der Waals surface area contributed by atoms with E-state index in [0.717, 1.165) is 5.69 Å². The number of anilines is 3. The summed E-state index contributed by atoms with van der Waals surface area (Å²) in [5.74, 6) is 0. The monoisotopic (exact) mass is 647 g/mol. The van der Waals surface area contributed by atoms with E-state index in [-0.39, 0.29) is 16.2 Å². The Morgan fingerprint density at radius 1 is 0.510 bits per heavy atom. The van der Waals surface area contributed by atoms with Crippen LogP contribution in [0.3, 0.4) is 0 Å². The molecular formula is C48H57N. The molecule has 0 atom stereocenters. The lowest BCUT2D eigenvalue weighted by Gasteiger charge is -2.29. The maximum absolute atomic E-state index is 2.51. The molecule has 0 aromatic heterocycles. The Morgan fingerprint density at radius 3 is 1.49 bits per heavy atom. The molecule has 0 radical (unpaired) electrons. The van der Waals surface area contributed by atoms with Crippen molar-refractivity contribution in [1.82, 2.24) is 0 Å². The first-order valence-electron chi connectivity index (χ1n) is 18.7. The zero-order valence-electron chi connectivity index (χ0n) is 31.6. The summed E-state index contributed by atoms with van der Waals surface area (Å²) >= 11 is 0. The minimum atomic E-state index is -0.0447. The van der Waals surface area contributed by atoms with Gasteiger partial charge in [0, 0.05) is 22.5 Å². The molecule has 1 aliphatic carbocycles. The molecule has 49 heavy (non-hydrogen) atoms. The molecular weight excluding hydrogens is 591 g/mol. The number of rotatable bonds is 12. The Morgan fingerprint density at radius 2 is 0.939 bits per heavy atom.